The molecule has 0 aromatic heterocycles. The Bertz CT molecular complexity index is 1110. The average Bonchev–Trinajstić information content (AvgIpc) is 3.59. The number of likely N-dealkylation sites (tertiary alicyclic amines) is 2. The third-order valence-corrected chi connectivity index (χ3v) is 8.64. The van der Waals surface area contributed by atoms with Crippen LogP contribution < -0.4 is 16.0 Å². The monoisotopic (exact) mass is 529 g/mol. The molecule has 3 N–H and O–H groups in total. The molecule has 9 nitrogen and oxygen atoms in total. The zero-order valence-electron chi connectivity index (χ0n) is 22.8. The van der Waals surface area contributed by atoms with Crippen molar-refractivity contribution in [2.45, 2.75) is 82.6 Å². The minimum atomic E-state index is -1.10. The smallest absolute Gasteiger partial charge is 0.411 e. The van der Waals surface area contributed by atoms with Gasteiger partial charge in [-0.15, -0.1) is 0 Å². The third kappa shape index (κ3) is 5.19. The largest absolute Gasteiger partial charge is 0.444 e. The Kier molecular flexibility index (Phi) is 7.04. The highest BCUT2D eigenvalue weighted by Crippen LogP contribution is 2.43. The van der Waals surface area contributed by atoms with Crippen LogP contribution in [0, 0.1) is 17.7 Å². The molecule has 38 heavy (non-hydrogen) atoms. The van der Waals surface area contributed by atoms with Gasteiger partial charge in [0, 0.05) is 43.8 Å². The van der Waals surface area contributed by atoms with E-state index in [4.69, 9.17) is 10.5 Å². The first kappa shape index (κ1) is 26.7. The van der Waals surface area contributed by atoms with Gasteiger partial charge < -0.3 is 25.6 Å². The summed E-state index contributed by atoms with van der Waals surface area (Å²) in [6, 6.07) is 3.59. The average molecular weight is 530 g/mol. The topological polar surface area (TPSA) is 108 Å². The van der Waals surface area contributed by atoms with Crippen molar-refractivity contribution in [3.05, 3.63) is 29.6 Å². The maximum Gasteiger partial charge on any atom is 0.411 e. The minimum absolute atomic E-state index is 0.00372. The van der Waals surface area contributed by atoms with E-state index in [-0.39, 0.29) is 18.4 Å². The molecule has 4 aliphatic rings. The molecule has 6 unspecified atom stereocenters. The fraction of sp³-hybridized carbons (Fsp3) is 0.679. The molecule has 10 heteroatoms. The van der Waals surface area contributed by atoms with Gasteiger partial charge in [-0.2, -0.15) is 0 Å². The van der Waals surface area contributed by atoms with Crippen LogP contribution in [0.15, 0.2) is 18.2 Å². The van der Waals surface area contributed by atoms with Gasteiger partial charge in [0.1, 0.15) is 23.5 Å². The molecule has 0 radical (unpaired) electrons. The standard InChI is InChI=1S/C28H40FN5O4/c1-28(2,3)38-27(37)34-20-8-6-17(11-20)24(34)26(36)31-22(25(30)35)12-16-5-7-19(13-21(16)29)33-10-9-18-14-32(4)15-23(18)33/h5,7,13,17-18,20,22-24H,6,8-12,14-15H2,1-4H3,(H2,30,35)(H,31,36). The Morgan fingerprint density at radius 3 is 2.61 bits per heavy atom. The number of piperidine rings is 1. The van der Waals surface area contributed by atoms with Crippen molar-refractivity contribution in [2.75, 3.05) is 31.6 Å². The zero-order valence-corrected chi connectivity index (χ0v) is 22.8. The number of rotatable bonds is 6. The second-order valence-corrected chi connectivity index (χ2v) is 12.5. The van der Waals surface area contributed by atoms with Gasteiger partial charge in [-0.3, -0.25) is 14.5 Å². The molecule has 2 bridgehead atoms. The van der Waals surface area contributed by atoms with Crippen LogP contribution in [-0.2, 0) is 20.7 Å². The number of primary amides is 1. The number of benzene rings is 1. The van der Waals surface area contributed by atoms with E-state index in [1.54, 1.807) is 26.8 Å². The van der Waals surface area contributed by atoms with E-state index in [9.17, 15) is 14.4 Å². The van der Waals surface area contributed by atoms with Crippen molar-refractivity contribution >= 4 is 23.6 Å². The Balaban J connectivity index is 1.27. The normalized spacial score (nSPS) is 29.4. The first-order valence-corrected chi connectivity index (χ1v) is 13.8. The molecule has 6 atom stereocenters. The summed E-state index contributed by atoms with van der Waals surface area (Å²) in [5.74, 6) is -1.02. The van der Waals surface area contributed by atoms with Crippen molar-refractivity contribution < 1.29 is 23.5 Å². The number of carbonyl (C=O) groups excluding carboxylic acids is 3. The molecule has 3 amide bonds. The first-order chi connectivity index (χ1) is 17.9. The van der Waals surface area contributed by atoms with Gasteiger partial charge in [0.15, 0.2) is 0 Å². The molecule has 1 aliphatic carbocycles. The number of hydrogen-bond donors (Lipinski definition) is 2. The summed E-state index contributed by atoms with van der Waals surface area (Å²) in [6.07, 6.45) is 2.88. The van der Waals surface area contributed by atoms with E-state index in [2.05, 4.69) is 22.2 Å². The zero-order chi connectivity index (χ0) is 27.4. The van der Waals surface area contributed by atoms with Gasteiger partial charge in [-0.25, -0.2) is 9.18 Å². The molecular formula is C28H40FN5O4. The lowest BCUT2D eigenvalue weighted by molar-refractivity contribution is -0.132. The van der Waals surface area contributed by atoms with E-state index < -0.39 is 41.4 Å². The number of carbonyl (C=O) groups is 3. The lowest BCUT2D eigenvalue weighted by atomic mass is 9.97. The van der Waals surface area contributed by atoms with Crippen molar-refractivity contribution in [1.82, 2.24) is 15.1 Å². The number of nitrogens with one attached hydrogen (secondary N) is 1. The molecule has 3 aliphatic heterocycles. The number of likely N-dealkylation sites (N-methyl/N-ethyl adjacent to an activating group) is 1. The maximum atomic E-state index is 15.3. The summed E-state index contributed by atoms with van der Waals surface area (Å²) in [4.78, 5) is 44.7. The Morgan fingerprint density at radius 2 is 1.92 bits per heavy atom. The van der Waals surface area contributed by atoms with Crippen LogP contribution in [0.3, 0.4) is 0 Å². The number of anilines is 1. The van der Waals surface area contributed by atoms with E-state index in [0.29, 0.717) is 17.5 Å². The molecule has 0 spiro atoms. The minimum Gasteiger partial charge on any atom is -0.444 e. The number of hydrogen-bond acceptors (Lipinski definition) is 6. The van der Waals surface area contributed by atoms with Crippen molar-refractivity contribution in [3.63, 3.8) is 0 Å². The highest BCUT2D eigenvalue weighted by atomic mass is 19.1. The van der Waals surface area contributed by atoms with Gasteiger partial charge in [-0.1, -0.05) is 6.07 Å². The van der Waals surface area contributed by atoms with Crippen molar-refractivity contribution in [1.29, 1.82) is 0 Å². The number of nitrogens with zero attached hydrogens (tertiary/aromatic N) is 3. The van der Waals surface area contributed by atoms with Gasteiger partial charge in [0.25, 0.3) is 0 Å². The van der Waals surface area contributed by atoms with Crippen molar-refractivity contribution in [2.24, 2.45) is 17.6 Å². The lowest BCUT2D eigenvalue weighted by Crippen LogP contribution is -2.57. The molecule has 1 aromatic rings. The molecule has 3 saturated heterocycles. The van der Waals surface area contributed by atoms with Crippen LogP contribution in [0.4, 0.5) is 14.9 Å². The number of amides is 3. The van der Waals surface area contributed by atoms with Crippen LogP contribution in [0.2, 0.25) is 0 Å². The second kappa shape index (κ2) is 10.0. The summed E-state index contributed by atoms with van der Waals surface area (Å²) < 4.78 is 20.8. The SMILES string of the molecule is CN1CC2CCN(c3ccc(CC(NC(=O)C4C5CCC(C5)N4C(=O)OC(C)(C)C)C(N)=O)c(F)c3)C2C1. The maximum absolute atomic E-state index is 15.3. The van der Waals surface area contributed by atoms with E-state index in [0.717, 1.165) is 51.0 Å². The molecule has 5 rings (SSSR count). The number of nitrogens with two attached hydrogens (primary N) is 1. The summed E-state index contributed by atoms with van der Waals surface area (Å²) in [5, 5.41) is 2.73. The predicted octanol–water partition coefficient (Wildman–Crippen LogP) is 2.27. The Morgan fingerprint density at radius 1 is 1.16 bits per heavy atom. The van der Waals surface area contributed by atoms with Crippen LogP contribution in [0.1, 0.15) is 52.0 Å². The first-order valence-electron chi connectivity index (χ1n) is 13.8. The Hall–Kier alpha value is -2.88. The number of ether oxygens (including phenoxy) is 1. The van der Waals surface area contributed by atoms with E-state index >= 15 is 4.39 Å². The molecule has 208 valence electrons. The van der Waals surface area contributed by atoms with Crippen molar-refractivity contribution in [3.8, 4) is 0 Å². The fourth-order valence-electron chi connectivity index (χ4n) is 6.98. The van der Waals surface area contributed by atoms with Crippen LogP contribution in [0.25, 0.3) is 0 Å². The third-order valence-electron chi connectivity index (χ3n) is 8.64. The van der Waals surface area contributed by atoms with Crippen LogP contribution in [-0.4, -0.2) is 84.2 Å². The highest BCUT2D eigenvalue weighted by Gasteiger charge is 2.53. The van der Waals surface area contributed by atoms with Gasteiger partial charge >= 0.3 is 6.09 Å². The molecule has 4 fully saturated rings. The second-order valence-electron chi connectivity index (χ2n) is 12.5. The van der Waals surface area contributed by atoms with Crippen LogP contribution >= 0.6 is 0 Å². The summed E-state index contributed by atoms with van der Waals surface area (Å²) in [5.41, 5.74) is 6.10. The lowest BCUT2D eigenvalue weighted by Gasteiger charge is -2.36. The van der Waals surface area contributed by atoms with Gasteiger partial charge in [0.05, 0.1) is 0 Å². The molecule has 1 saturated carbocycles. The summed E-state index contributed by atoms with van der Waals surface area (Å²) >= 11 is 0. The summed E-state index contributed by atoms with van der Waals surface area (Å²) in [6.45, 7) is 8.28. The van der Waals surface area contributed by atoms with E-state index in [1.807, 2.05) is 6.07 Å². The highest BCUT2D eigenvalue weighted by molar-refractivity contribution is 5.91. The van der Waals surface area contributed by atoms with Gasteiger partial charge in [-0.05, 0) is 83.0 Å². The predicted molar refractivity (Wildman–Crippen MR) is 141 cm³/mol. The number of halogens is 1. The quantitative estimate of drug-likeness (QED) is 0.586. The molecule has 1 aromatic carbocycles. The molecule has 3 heterocycles. The van der Waals surface area contributed by atoms with E-state index in [1.165, 1.54) is 11.0 Å². The van der Waals surface area contributed by atoms with Crippen LogP contribution in [0.5, 0.6) is 0 Å². The van der Waals surface area contributed by atoms with Gasteiger partial charge in [0.2, 0.25) is 11.8 Å². The summed E-state index contributed by atoms with van der Waals surface area (Å²) in [7, 11) is 2.11. The number of fused-ring (bicyclic) bond motifs is 3. The molecular weight excluding hydrogens is 489 g/mol. The fourth-order valence-corrected chi connectivity index (χ4v) is 6.98. The Labute approximate surface area is 223 Å².